The van der Waals surface area contributed by atoms with Gasteiger partial charge in [-0.05, 0) is 30.3 Å². The standard InChI is InChI=1S/C11H15NO3S2/c1-9(2)8-15-11(16)12-17(13,14)10-6-4-3-5-7-10/h3-7,9H,8H2,1-2H3,(H,12,16). The molecule has 0 atom stereocenters. The monoisotopic (exact) mass is 273 g/mol. The lowest BCUT2D eigenvalue weighted by Crippen LogP contribution is -2.31. The van der Waals surface area contributed by atoms with E-state index in [9.17, 15) is 8.42 Å². The van der Waals surface area contributed by atoms with Crippen molar-refractivity contribution < 1.29 is 13.2 Å². The number of hydrogen-bond donors (Lipinski definition) is 1. The van der Waals surface area contributed by atoms with Crippen LogP contribution in [0.25, 0.3) is 0 Å². The van der Waals surface area contributed by atoms with Gasteiger partial charge < -0.3 is 4.74 Å². The Kier molecular flexibility index (Phi) is 4.89. The Bertz CT molecular complexity index is 469. The second kappa shape index (κ2) is 5.97. The molecule has 0 aliphatic heterocycles. The minimum absolute atomic E-state index is 0.123. The van der Waals surface area contributed by atoms with Gasteiger partial charge in [0.05, 0.1) is 11.5 Å². The minimum Gasteiger partial charge on any atom is -0.470 e. The molecule has 0 radical (unpaired) electrons. The normalized spacial score (nSPS) is 11.2. The fourth-order valence-electron chi connectivity index (χ4n) is 1.04. The largest absolute Gasteiger partial charge is 0.470 e. The lowest BCUT2D eigenvalue weighted by molar-refractivity contribution is 0.259. The van der Waals surface area contributed by atoms with E-state index >= 15 is 0 Å². The third-order valence-corrected chi connectivity index (χ3v) is 3.51. The van der Waals surface area contributed by atoms with Gasteiger partial charge in [-0.25, -0.2) is 13.1 Å². The van der Waals surface area contributed by atoms with Crippen LogP contribution in [0.2, 0.25) is 0 Å². The van der Waals surface area contributed by atoms with Crippen LogP contribution in [-0.4, -0.2) is 20.2 Å². The molecule has 17 heavy (non-hydrogen) atoms. The summed E-state index contributed by atoms with van der Waals surface area (Å²) in [6.07, 6.45) is 0. The Hall–Kier alpha value is -1.14. The van der Waals surface area contributed by atoms with Gasteiger partial charge in [-0.2, -0.15) is 0 Å². The first-order chi connectivity index (χ1) is 7.92. The van der Waals surface area contributed by atoms with Gasteiger partial charge in [-0.15, -0.1) is 0 Å². The summed E-state index contributed by atoms with van der Waals surface area (Å²) < 4.78 is 30.9. The minimum atomic E-state index is -3.62. The molecule has 1 aromatic carbocycles. The summed E-state index contributed by atoms with van der Waals surface area (Å²) in [5, 5.41) is -0.123. The van der Waals surface area contributed by atoms with E-state index < -0.39 is 10.0 Å². The van der Waals surface area contributed by atoms with E-state index in [-0.39, 0.29) is 16.0 Å². The number of rotatable bonds is 4. The van der Waals surface area contributed by atoms with Crippen molar-refractivity contribution >= 4 is 27.4 Å². The van der Waals surface area contributed by atoms with E-state index in [1.807, 2.05) is 13.8 Å². The first-order valence-electron chi connectivity index (χ1n) is 5.16. The lowest BCUT2D eigenvalue weighted by atomic mass is 10.2. The molecule has 0 aliphatic carbocycles. The molecule has 0 fully saturated rings. The van der Waals surface area contributed by atoms with Crippen LogP contribution < -0.4 is 4.72 Å². The predicted octanol–water partition coefficient (Wildman–Crippen LogP) is 1.92. The zero-order chi connectivity index (χ0) is 12.9. The molecule has 0 heterocycles. The number of thiocarbonyl (C=S) groups is 1. The second-order valence-corrected chi connectivity index (χ2v) is 5.96. The van der Waals surface area contributed by atoms with Crippen LogP contribution in [-0.2, 0) is 14.8 Å². The summed E-state index contributed by atoms with van der Waals surface area (Å²) in [6.45, 7) is 4.29. The molecule has 1 aromatic rings. The van der Waals surface area contributed by atoms with Crippen molar-refractivity contribution in [1.82, 2.24) is 4.72 Å². The Labute approximate surface area is 107 Å². The molecule has 0 aliphatic rings. The molecule has 94 valence electrons. The van der Waals surface area contributed by atoms with E-state index in [0.29, 0.717) is 6.61 Å². The van der Waals surface area contributed by atoms with E-state index in [4.69, 9.17) is 17.0 Å². The van der Waals surface area contributed by atoms with E-state index in [1.54, 1.807) is 18.2 Å². The van der Waals surface area contributed by atoms with Gasteiger partial charge in [0.2, 0.25) is 0 Å². The Morgan fingerprint density at radius 2 is 1.94 bits per heavy atom. The van der Waals surface area contributed by atoms with Crippen LogP contribution in [0, 0.1) is 5.92 Å². The highest BCUT2D eigenvalue weighted by Gasteiger charge is 2.15. The molecule has 1 rings (SSSR count). The van der Waals surface area contributed by atoms with Gasteiger partial charge in [0, 0.05) is 0 Å². The Balaban J connectivity index is 2.65. The van der Waals surface area contributed by atoms with Crippen LogP contribution in [0.3, 0.4) is 0 Å². The third-order valence-electron chi connectivity index (χ3n) is 1.82. The van der Waals surface area contributed by atoms with E-state index in [1.165, 1.54) is 12.1 Å². The highest BCUT2D eigenvalue weighted by Crippen LogP contribution is 2.07. The van der Waals surface area contributed by atoms with Crippen molar-refractivity contribution in [2.75, 3.05) is 6.61 Å². The van der Waals surface area contributed by atoms with Crippen molar-refractivity contribution in [3.05, 3.63) is 30.3 Å². The van der Waals surface area contributed by atoms with Gasteiger partial charge in [-0.3, -0.25) is 0 Å². The number of benzene rings is 1. The number of nitrogens with one attached hydrogen (secondary N) is 1. The van der Waals surface area contributed by atoms with Gasteiger partial charge >= 0.3 is 0 Å². The summed E-state index contributed by atoms with van der Waals surface area (Å²) in [6, 6.07) is 8.02. The number of hydrogen-bond acceptors (Lipinski definition) is 4. The summed E-state index contributed by atoms with van der Waals surface area (Å²) >= 11 is 4.81. The second-order valence-electron chi connectivity index (χ2n) is 3.91. The molecule has 6 heteroatoms. The van der Waals surface area contributed by atoms with Gasteiger partial charge in [0.1, 0.15) is 0 Å². The van der Waals surface area contributed by atoms with Gasteiger partial charge in [-0.1, -0.05) is 32.0 Å². The predicted molar refractivity (Wildman–Crippen MR) is 70.2 cm³/mol. The van der Waals surface area contributed by atoms with Gasteiger partial charge in [0.25, 0.3) is 15.2 Å². The highest BCUT2D eigenvalue weighted by molar-refractivity contribution is 7.91. The maximum Gasteiger partial charge on any atom is 0.270 e. The lowest BCUT2D eigenvalue weighted by Gasteiger charge is -2.11. The zero-order valence-corrected chi connectivity index (χ0v) is 11.3. The molecule has 0 aromatic heterocycles. The first-order valence-corrected chi connectivity index (χ1v) is 7.05. The summed E-state index contributed by atoms with van der Waals surface area (Å²) in [4.78, 5) is 0.162. The molecule has 0 bridgehead atoms. The summed E-state index contributed by atoms with van der Waals surface area (Å²) in [7, 11) is -3.62. The van der Waals surface area contributed by atoms with Crippen LogP contribution in [0.5, 0.6) is 0 Å². The zero-order valence-electron chi connectivity index (χ0n) is 9.71. The van der Waals surface area contributed by atoms with Crippen molar-refractivity contribution in [2.24, 2.45) is 5.92 Å². The molecule has 0 spiro atoms. The summed E-state index contributed by atoms with van der Waals surface area (Å²) in [5.74, 6) is 0.286. The maximum atomic E-state index is 11.8. The quantitative estimate of drug-likeness (QED) is 0.852. The highest BCUT2D eigenvalue weighted by atomic mass is 32.2. The summed E-state index contributed by atoms with van der Waals surface area (Å²) in [5.41, 5.74) is 0. The average Bonchev–Trinajstić information content (AvgIpc) is 2.27. The molecule has 0 saturated carbocycles. The van der Waals surface area contributed by atoms with Crippen molar-refractivity contribution in [3.8, 4) is 0 Å². The SMILES string of the molecule is CC(C)COC(=S)NS(=O)(=O)c1ccccc1. The van der Waals surface area contributed by atoms with Crippen molar-refractivity contribution in [2.45, 2.75) is 18.7 Å². The van der Waals surface area contributed by atoms with Crippen LogP contribution in [0.15, 0.2) is 35.2 Å². The molecule has 4 nitrogen and oxygen atoms in total. The van der Waals surface area contributed by atoms with Crippen molar-refractivity contribution in [1.29, 1.82) is 0 Å². The molecule has 0 amide bonds. The fourth-order valence-corrected chi connectivity index (χ4v) is 2.35. The molecular formula is C11H15NO3S2. The number of sulfonamides is 1. The smallest absolute Gasteiger partial charge is 0.270 e. The number of ether oxygens (including phenoxy) is 1. The van der Waals surface area contributed by atoms with E-state index in [2.05, 4.69) is 4.72 Å². The topological polar surface area (TPSA) is 55.4 Å². The Morgan fingerprint density at radius 3 is 2.47 bits per heavy atom. The molecule has 1 N–H and O–H groups in total. The maximum absolute atomic E-state index is 11.8. The van der Waals surface area contributed by atoms with Crippen molar-refractivity contribution in [3.63, 3.8) is 0 Å². The van der Waals surface area contributed by atoms with Gasteiger partial charge in [0.15, 0.2) is 0 Å². The van der Waals surface area contributed by atoms with E-state index in [0.717, 1.165) is 0 Å². The average molecular weight is 273 g/mol. The van der Waals surface area contributed by atoms with Crippen LogP contribution in [0.1, 0.15) is 13.8 Å². The third kappa shape index (κ3) is 4.70. The molecule has 0 saturated heterocycles. The fraction of sp³-hybridized carbons (Fsp3) is 0.364. The molecule has 0 unspecified atom stereocenters. The van der Waals surface area contributed by atoms with Crippen LogP contribution in [0.4, 0.5) is 0 Å². The Morgan fingerprint density at radius 1 is 1.35 bits per heavy atom. The van der Waals surface area contributed by atoms with Crippen LogP contribution >= 0.6 is 12.2 Å². The first kappa shape index (κ1) is 13.9. The molecular weight excluding hydrogens is 258 g/mol.